The predicted octanol–water partition coefficient (Wildman–Crippen LogP) is 2.61. The molecule has 0 aromatic rings. The van der Waals surface area contributed by atoms with E-state index in [2.05, 4.69) is 32.6 Å². The first-order valence-corrected chi connectivity index (χ1v) is 5.88. The van der Waals surface area contributed by atoms with Crippen LogP contribution in [-0.2, 0) is 4.79 Å². The molecule has 0 heterocycles. The third kappa shape index (κ3) is 5.17. The topological polar surface area (TPSA) is 40.5 Å². The van der Waals surface area contributed by atoms with Crippen LogP contribution in [0.15, 0.2) is 0 Å². The zero-order valence-corrected chi connectivity index (χ0v) is 10.7. The quantitative estimate of drug-likeness (QED) is 0.709. The molecule has 0 saturated heterocycles. The largest absolute Gasteiger partial charge is 0.480 e. The second-order valence-electron chi connectivity index (χ2n) is 4.83. The highest BCUT2D eigenvalue weighted by Gasteiger charge is 2.26. The van der Waals surface area contributed by atoms with Crippen LogP contribution in [-0.4, -0.2) is 34.6 Å². The molecule has 0 saturated carbocycles. The van der Waals surface area contributed by atoms with E-state index in [1.807, 2.05) is 6.92 Å². The molecule has 1 atom stereocenters. The van der Waals surface area contributed by atoms with Gasteiger partial charge in [0.05, 0.1) is 0 Å². The minimum absolute atomic E-state index is 0.292. The van der Waals surface area contributed by atoms with E-state index in [-0.39, 0.29) is 6.04 Å². The second-order valence-corrected chi connectivity index (χ2v) is 4.83. The Hall–Kier alpha value is -0.570. The van der Waals surface area contributed by atoms with Gasteiger partial charge in [0.15, 0.2) is 0 Å². The van der Waals surface area contributed by atoms with Gasteiger partial charge in [0.25, 0.3) is 0 Å². The molecule has 0 bridgehead atoms. The monoisotopic (exact) mass is 215 g/mol. The summed E-state index contributed by atoms with van der Waals surface area (Å²) in [4.78, 5) is 13.3. The highest BCUT2D eigenvalue weighted by Crippen LogP contribution is 2.14. The predicted molar refractivity (Wildman–Crippen MR) is 63.0 cm³/mol. The minimum Gasteiger partial charge on any atom is -0.480 e. The van der Waals surface area contributed by atoms with Crippen molar-refractivity contribution in [3.8, 4) is 0 Å². The van der Waals surface area contributed by atoms with E-state index in [0.717, 1.165) is 19.4 Å². The first kappa shape index (κ1) is 14.4. The number of nitrogens with zero attached hydrogens (tertiary/aromatic N) is 1. The van der Waals surface area contributed by atoms with Crippen LogP contribution in [0, 0.1) is 5.92 Å². The molecule has 0 spiro atoms. The maximum Gasteiger partial charge on any atom is 0.320 e. The van der Waals surface area contributed by atoms with Crippen LogP contribution in [0.1, 0.15) is 47.5 Å². The van der Waals surface area contributed by atoms with Gasteiger partial charge in [0.2, 0.25) is 0 Å². The zero-order chi connectivity index (χ0) is 12.0. The molecule has 3 heteroatoms. The lowest BCUT2D eigenvalue weighted by Gasteiger charge is -2.33. The molecule has 15 heavy (non-hydrogen) atoms. The van der Waals surface area contributed by atoms with E-state index < -0.39 is 5.97 Å². The average molecular weight is 215 g/mol. The van der Waals surface area contributed by atoms with Crippen molar-refractivity contribution >= 4 is 5.97 Å². The van der Waals surface area contributed by atoms with Gasteiger partial charge in [-0.25, -0.2) is 0 Å². The van der Waals surface area contributed by atoms with E-state index in [1.54, 1.807) is 0 Å². The Labute approximate surface area is 93.5 Å². The molecular formula is C12H25NO2. The van der Waals surface area contributed by atoms with Gasteiger partial charge in [-0.15, -0.1) is 0 Å². The fourth-order valence-electron chi connectivity index (χ4n) is 1.82. The van der Waals surface area contributed by atoms with E-state index in [9.17, 15) is 9.90 Å². The van der Waals surface area contributed by atoms with Crippen LogP contribution in [0.3, 0.4) is 0 Å². The zero-order valence-electron chi connectivity index (χ0n) is 10.7. The fraction of sp³-hybridized carbons (Fsp3) is 0.917. The highest BCUT2D eigenvalue weighted by atomic mass is 16.4. The van der Waals surface area contributed by atoms with Gasteiger partial charge < -0.3 is 5.11 Å². The van der Waals surface area contributed by atoms with E-state index >= 15 is 0 Å². The summed E-state index contributed by atoms with van der Waals surface area (Å²) in [5.74, 6) is -0.183. The van der Waals surface area contributed by atoms with Crippen molar-refractivity contribution in [3.63, 3.8) is 0 Å². The van der Waals surface area contributed by atoms with Crippen LogP contribution in [0.4, 0.5) is 0 Å². The Morgan fingerprint density at radius 3 is 2.07 bits per heavy atom. The van der Waals surface area contributed by atoms with Crippen molar-refractivity contribution in [2.45, 2.75) is 59.5 Å². The third-order valence-electron chi connectivity index (χ3n) is 2.49. The fourth-order valence-corrected chi connectivity index (χ4v) is 1.82. The summed E-state index contributed by atoms with van der Waals surface area (Å²) in [5, 5.41) is 9.19. The van der Waals surface area contributed by atoms with Gasteiger partial charge in [0.1, 0.15) is 6.04 Å². The third-order valence-corrected chi connectivity index (χ3v) is 2.49. The van der Waals surface area contributed by atoms with Gasteiger partial charge in [-0.2, -0.15) is 0 Å². The number of rotatable bonds is 7. The van der Waals surface area contributed by atoms with Crippen molar-refractivity contribution in [3.05, 3.63) is 0 Å². The Bertz CT molecular complexity index is 190. The molecule has 0 aromatic heterocycles. The van der Waals surface area contributed by atoms with Gasteiger partial charge in [0, 0.05) is 12.6 Å². The smallest absolute Gasteiger partial charge is 0.320 e. The summed E-state index contributed by atoms with van der Waals surface area (Å²) in [5.41, 5.74) is 0. The maximum atomic E-state index is 11.2. The average Bonchev–Trinajstić information content (AvgIpc) is 2.09. The summed E-state index contributed by atoms with van der Waals surface area (Å²) in [7, 11) is 0. The number of carbonyl (C=O) groups is 1. The van der Waals surface area contributed by atoms with E-state index in [0.29, 0.717) is 12.0 Å². The summed E-state index contributed by atoms with van der Waals surface area (Å²) in [6, 6.07) is -0.0301. The molecule has 0 aliphatic carbocycles. The van der Waals surface area contributed by atoms with Crippen LogP contribution in [0.25, 0.3) is 0 Å². The second kappa shape index (κ2) is 6.83. The summed E-state index contributed by atoms with van der Waals surface area (Å²) in [6.07, 6.45) is 1.65. The Morgan fingerprint density at radius 2 is 1.80 bits per heavy atom. The van der Waals surface area contributed by atoms with Crippen LogP contribution in [0.2, 0.25) is 0 Å². The van der Waals surface area contributed by atoms with Crippen LogP contribution < -0.4 is 0 Å². The Balaban J connectivity index is 4.59. The molecule has 1 unspecified atom stereocenters. The van der Waals surface area contributed by atoms with Gasteiger partial charge in [-0.1, -0.05) is 27.2 Å². The molecule has 0 radical (unpaired) electrons. The summed E-state index contributed by atoms with van der Waals surface area (Å²) >= 11 is 0. The first-order valence-electron chi connectivity index (χ1n) is 5.88. The van der Waals surface area contributed by atoms with Crippen LogP contribution in [0.5, 0.6) is 0 Å². The number of hydrogen-bond donors (Lipinski definition) is 1. The van der Waals surface area contributed by atoms with Gasteiger partial charge >= 0.3 is 5.97 Å². The molecule has 3 nitrogen and oxygen atoms in total. The van der Waals surface area contributed by atoms with Crippen molar-refractivity contribution in [1.82, 2.24) is 4.90 Å². The molecule has 1 N–H and O–H groups in total. The van der Waals surface area contributed by atoms with Crippen molar-refractivity contribution in [2.75, 3.05) is 6.54 Å². The lowest BCUT2D eigenvalue weighted by molar-refractivity contribution is -0.144. The lowest BCUT2D eigenvalue weighted by Crippen LogP contribution is -2.46. The lowest BCUT2D eigenvalue weighted by atomic mass is 10.1. The number of carboxylic acid groups (broad SMARTS) is 1. The number of aliphatic carboxylic acids is 1. The molecule has 90 valence electrons. The highest BCUT2D eigenvalue weighted by molar-refractivity contribution is 5.73. The van der Waals surface area contributed by atoms with Crippen molar-refractivity contribution in [1.29, 1.82) is 0 Å². The molecule has 0 amide bonds. The first-order chi connectivity index (χ1) is 6.90. The van der Waals surface area contributed by atoms with Crippen molar-refractivity contribution in [2.24, 2.45) is 5.92 Å². The van der Waals surface area contributed by atoms with Gasteiger partial charge in [-0.05, 0) is 26.2 Å². The van der Waals surface area contributed by atoms with E-state index in [1.165, 1.54) is 0 Å². The van der Waals surface area contributed by atoms with Crippen LogP contribution >= 0.6 is 0 Å². The molecule has 0 aromatic carbocycles. The Morgan fingerprint density at radius 1 is 1.27 bits per heavy atom. The molecule has 0 aliphatic heterocycles. The number of hydrogen-bond acceptors (Lipinski definition) is 2. The van der Waals surface area contributed by atoms with Crippen molar-refractivity contribution < 1.29 is 9.90 Å². The summed E-state index contributed by atoms with van der Waals surface area (Å²) in [6.45, 7) is 11.3. The normalized spacial score (nSPS) is 13.9. The molecule has 0 fully saturated rings. The van der Waals surface area contributed by atoms with E-state index in [4.69, 9.17) is 0 Å². The van der Waals surface area contributed by atoms with Gasteiger partial charge in [-0.3, -0.25) is 9.69 Å². The molecular weight excluding hydrogens is 190 g/mol. The SMILES string of the molecule is CCCC(C(=O)O)N(CC(C)C)C(C)C. The molecule has 0 rings (SSSR count). The molecule has 0 aliphatic rings. The maximum absolute atomic E-state index is 11.2. The summed E-state index contributed by atoms with van der Waals surface area (Å²) < 4.78 is 0. The number of carboxylic acids is 1. The minimum atomic E-state index is -0.689. The standard InChI is InChI=1S/C12H25NO2/c1-6-7-11(12(14)15)13(10(4)5)8-9(2)3/h9-11H,6-8H2,1-5H3,(H,14,15). The Kier molecular flexibility index (Phi) is 6.57.